The summed E-state index contributed by atoms with van der Waals surface area (Å²) >= 11 is 0. The Balaban J connectivity index is 1.60. The maximum atomic E-state index is 12.7. The lowest BCUT2D eigenvalue weighted by Crippen LogP contribution is -2.41. The van der Waals surface area contributed by atoms with E-state index in [-0.39, 0.29) is 29.0 Å². The molecule has 4 nitrogen and oxygen atoms in total. The van der Waals surface area contributed by atoms with Crippen LogP contribution in [0, 0.1) is 5.92 Å². The molecule has 0 saturated carbocycles. The minimum Gasteiger partial charge on any atom is -0.489 e. The van der Waals surface area contributed by atoms with Crippen LogP contribution >= 0.6 is 0 Å². The van der Waals surface area contributed by atoms with Gasteiger partial charge in [-0.1, -0.05) is 24.3 Å². The van der Waals surface area contributed by atoms with Gasteiger partial charge in [-0.2, -0.15) is 0 Å². The monoisotopic (exact) mass is 326 g/mol. The van der Waals surface area contributed by atoms with E-state index < -0.39 is 7.12 Å². The third-order valence-corrected chi connectivity index (χ3v) is 5.70. The van der Waals surface area contributed by atoms with Crippen molar-refractivity contribution in [2.24, 2.45) is 5.92 Å². The fraction of sp³-hybridized carbons (Fsp3) is 0.526. The highest BCUT2D eigenvalue weighted by atomic mass is 16.7. The summed E-state index contributed by atoms with van der Waals surface area (Å²) in [6, 6.07) is 0. The van der Waals surface area contributed by atoms with Gasteiger partial charge in [-0.05, 0) is 45.7 Å². The third kappa shape index (κ3) is 2.33. The first kappa shape index (κ1) is 15.9. The van der Waals surface area contributed by atoms with Gasteiger partial charge in [-0.15, -0.1) is 0 Å². The van der Waals surface area contributed by atoms with Crippen molar-refractivity contribution in [1.29, 1.82) is 0 Å². The van der Waals surface area contributed by atoms with E-state index >= 15 is 0 Å². The normalized spacial score (nSPS) is 33.1. The second-order valence-corrected chi connectivity index (χ2v) is 7.86. The number of hydrogen-bond acceptors (Lipinski definition) is 4. The van der Waals surface area contributed by atoms with Gasteiger partial charge in [-0.25, -0.2) is 0 Å². The molecule has 2 unspecified atom stereocenters. The topological polar surface area (TPSA) is 44.8 Å². The standard InChI is InChI=1S/C19H23BO4/c1-18(2)19(3,4)24-20(23-18)12-9-10-14-16(11-12)22-15-8-6-5-7-13(15)17(14)21/h5,7,9-11,14,16H,6,8H2,1-4H3. The molecule has 2 aliphatic heterocycles. The van der Waals surface area contributed by atoms with Crippen LogP contribution in [0.2, 0.25) is 0 Å². The van der Waals surface area contributed by atoms with Crippen LogP contribution in [0.3, 0.4) is 0 Å². The summed E-state index contributed by atoms with van der Waals surface area (Å²) in [5, 5.41) is 0. The molecule has 1 fully saturated rings. The number of ether oxygens (including phenoxy) is 1. The van der Waals surface area contributed by atoms with Gasteiger partial charge in [0.2, 0.25) is 0 Å². The number of Topliss-reactive ketones (excluding diaryl/α,β-unsaturated/α-hetero) is 1. The smallest absolute Gasteiger partial charge is 0.489 e. The van der Waals surface area contributed by atoms with Gasteiger partial charge < -0.3 is 14.0 Å². The average Bonchev–Trinajstić information content (AvgIpc) is 2.75. The first-order valence-electron chi connectivity index (χ1n) is 8.65. The van der Waals surface area contributed by atoms with Crippen molar-refractivity contribution in [2.45, 2.75) is 57.8 Å². The predicted octanol–water partition coefficient (Wildman–Crippen LogP) is 3.30. The van der Waals surface area contributed by atoms with E-state index in [1.54, 1.807) is 0 Å². The molecule has 0 aromatic heterocycles. The molecule has 2 atom stereocenters. The van der Waals surface area contributed by atoms with E-state index in [0.29, 0.717) is 0 Å². The van der Waals surface area contributed by atoms with Crippen LogP contribution in [0.4, 0.5) is 0 Å². The zero-order valence-electron chi connectivity index (χ0n) is 14.7. The van der Waals surface area contributed by atoms with Crippen molar-refractivity contribution in [3.63, 3.8) is 0 Å². The van der Waals surface area contributed by atoms with Gasteiger partial charge in [0, 0.05) is 6.42 Å². The van der Waals surface area contributed by atoms with Crippen LogP contribution in [-0.2, 0) is 18.8 Å². The fourth-order valence-corrected chi connectivity index (χ4v) is 3.48. The molecule has 1 saturated heterocycles. The summed E-state index contributed by atoms with van der Waals surface area (Å²) in [6.45, 7) is 8.15. The van der Waals surface area contributed by atoms with Crippen LogP contribution in [0.5, 0.6) is 0 Å². The highest BCUT2D eigenvalue weighted by Gasteiger charge is 2.53. The Bertz CT molecular complexity index is 695. The van der Waals surface area contributed by atoms with E-state index in [2.05, 4.69) is 0 Å². The molecule has 0 amide bonds. The molecule has 126 valence electrons. The first-order chi connectivity index (χ1) is 11.3. The summed E-state index contributed by atoms with van der Waals surface area (Å²) in [6.07, 6.45) is 11.3. The predicted molar refractivity (Wildman–Crippen MR) is 92.1 cm³/mol. The maximum Gasteiger partial charge on any atom is 0.494 e. The van der Waals surface area contributed by atoms with Gasteiger partial charge in [0.25, 0.3) is 0 Å². The summed E-state index contributed by atoms with van der Waals surface area (Å²) in [5.74, 6) is 0.721. The Kier molecular flexibility index (Phi) is 3.45. The minimum absolute atomic E-state index is 0.151. The number of fused-ring (bicyclic) bond motifs is 1. The summed E-state index contributed by atoms with van der Waals surface area (Å²) in [4.78, 5) is 12.7. The van der Waals surface area contributed by atoms with E-state index in [4.69, 9.17) is 14.0 Å². The number of carbonyl (C=O) groups is 1. The molecule has 0 aromatic rings. The molecule has 0 radical (unpaired) electrons. The molecule has 5 heteroatoms. The lowest BCUT2D eigenvalue weighted by molar-refractivity contribution is -0.122. The van der Waals surface area contributed by atoms with E-state index in [1.165, 1.54) is 0 Å². The molecule has 4 rings (SSSR count). The lowest BCUT2D eigenvalue weighted by Gasteiger charge is -2.34. The quantitative estimate of drug-likeness (QED) is 0.694. The second-order valence-electron chi connectivity index (χ2n) is 7.86. The van der Waals surface area contributed by atoms with Gasteiger partial charge in [0.15, 0.2) is 5.78 Å². The van der Waals surface area contributed by atoms with E-state index in [9.17, 15) is 4.79 Å². The highest BCUT2D eigenvalue weighted by molar-refractivity contribution is 6.55. The van der Waals surface area contributed by atoms with Gasteiger partial charge >= 0.3 is 7.12 Å². The van der Waals surface area contributed by atoms with Crippen LogP contribution in [0.25, 0.3) is 0 Å². The summed E-state index contributed by atoms with van der Waals surface area (Å²) < 4.78 is 18.3. The minimum atomic E-state index is -0.424. The van der Waals surface area contributed by atoms with Crippen molar-refractivity contribution in [3.8, 4) is 0 Å². The second kappa shape index (κ2) is 5.20. The van der Waals surface area contributed by atoms with Crippen molar-refractivity contribution in [3.05, 3.63) is 47.2 Å². The van der Waals surface area contributed by atoms with Crippen molar-refractivity contribution >= 4 is 12.9 Å². The Hall–Kier alpha value is -1.59. The van der Waals surface area contributed by atoms with Crippen molar-refractivity contribution in [1.82, 2.24) is 0 Å². The fourth-order valence-electron chi connectivity index (χ4n) is 3.48. The molecule has 0 aromatic carbocycles. The molecule has 24 heavy (non-hydrogen) atoms. The van der Waals surface area contributed by atoms with Crippen LogP contribution < -0.4 is 0 Å². The summed E-state index contributed by atoms with van der Waals surface area (Å²) in [7, 11) is -0.424. The Morgan fingerprint density at radius 3 is 2.54 bits per heavy atom. The molecular formula is C19H23BO4. The lowest BCUT2D eigenvalue weighted by atomic mass is 9.72. The van der Waals surface area contributed by atoms with Crippen molar-refractivity contribution < 1.29 is 18.8 Å². The van der Waals surface area contributed by atoms with Crippen LogP contribution in [0.1, 0.15) is 40.5 Å². The van der Waals surface area contributed by atoms with Gasteiger partial charge in [0.1, 0.15) is 11.9 Å². The molecule has 0 bridgehead atoms. The number of carbonyl (C=O) groups excluding carboxylic acids is 1. The number of allylic oxidation sites excluding steroid dienone is 6. The highest BCUT2D eigenvalue weighted by Crippen LogP contribution is 2.41. The van der Waals surface area contributed by atoms with Crippen LogP contribution in [-0.4, -0.2) is 30.2 Å². The molecular weight excluding hydrogens is 303 g/mol. The summed E-state index contributed by atoms with van der Waals surface area (Å²) in [5.41, 5.74) is 0.907. The van der Waals surface area contributed by atoms with Crippen molar-refractivity contribution in [2.75, 3.05) is 0 Å². The Labute approximate surface area is 143 Å². The Morgan fingerprint density at radius 2 is 1.83 bits per heavy atom. The van der Waals surface area contributed by atoms with E-state index in [1.807, 2.05) is 58.1 Å². The molecule has 2 heterocycles. The third-order valence-electron chi connectivity index (χ3n) is 5.70. The largest absolute Gasteiger partial charge is 0.494 e. The average molecular weight is 326 g/mol. The zero-order valence-corrected chi connectivity index (χ0v) is 14.7. The zero-order chi connectivity index (χ0) is 17.1. The van der Waals surface area contributed by atoms with E-state index in [0.717, 1.165) is 29.6 Å². The van der Waals surface area contributed by atoms with Crippen LogP contribution in [0.15, 0.2) is 47.2 Å². The SMILES string of the molecule is CC1(C)OB(C2=CC3OC4=C(C=CCC4)C(=O)C3C=C2)OC1(C)C. The number of hydrogen-bond donors (Lipinski definition) is 0. The molecule has 0 spiro atoms. The maximum absolute atomic E-state index is 12.7. The first-order valence-corrected chi connectivity index (χ1v) is 8.65. The molecule has 2 aliphatic carbocycles. The number of ketones is 1. The van der Waals surface area contributed by atoms with Gasteiger partial charge in [-0.3, -0.25) is 4.79 Å². The molecule has 4 aliphatic rings. The number of rotatable bonds is 1. The Morgan fingerprint density at radius 1 is 1.12 bits per heavy atom. The molecule has 0 N–H and O–H groups in total. The van der Waals surface area contributed by atoms with Gasteiger partial charge in [0.05, 0.1) is 22.7 Å².